The number of aromatic nitrogens is 3. The second-order valence-corrected chi connectivity index (χ2v) is 7.44. The van der Waals surface area contributed by atoms with Gasteiger partial charge in [-0.1, -0.05) is 29.8 Å². The number of nitrogens with zero attached hydrogens (tertiary/aromatic N) is 3. The van der Waals surface area contributed by atoms with Crippen LogP contribution in [0.15, 0.2) is 59.7 Å². The molecule has 2 N–H and O–H groups in total. The molecule has 0 spiro atoms. The Morgan fingerprint density at radius 2 is 1.94 bits per heavy atom. The van der Waals surface area contributed by atoms with Crippen LogP contribution in [0, 0.1) is 5.21 Å². The molecule has 0 unspecified atom stereocenters. The second-order valence-electron chi connectivity index (χ2n) is 7.05. The highest BCUT2D eigenvalue weighted by molar-refractivity contribution is 6.29. The lowest BCUT2D eigenvalue weighted by Crippen LogP contribution is -2.41. The van der Waals surface area contributed by atoms with E-state index in [1.54, 1.807) is 6.07 Å². The van der Waals surface area contributed by atoms with Crippen LogP contribution in [0.4, 0.5) is 23.4 Å². The molecule has 3 rings (SSSR count). The van der Waals surface area contributed by atoms with Crippen LogP contribution in [0.1, 0.15) is 11.3 Å². The van der Waals surface area contributed by atoms with Gasteiger partial charge in [0.05, 0.1) is 12.7 Å². The molecule has 0 aliphatic heterocycles. The highest BCUT2D eigenvalue weighted by atomic mass is 35.5. The maximum atomic E-state index is 14.4. The Morgan fingerprint density at radius 3 is 2.66 bits per heavy atom. The number of carbonyl (C=O) groups excluding carboxylic acids is 1. The van der Waals surface area contributed by atoms with Gasteiger partial charge in [-0.25, -0.2) is 4.98 Å². The Bertz CT molecular complexity index is 1260. The summed E-state index contributed by atoms with van der Waals surface area (Å²) in [4.78, 5) is 28.7. The van der Waals surface area contributed by atoms with E-state index in [4.69, 9.17) is 11.6 Å². The van der Waals surface area contributed by atoms with E-state index < -0.39 is 48.6 Å². The maximum Gasteiger partial charge on any atom is 0.387 e. The number of anilines is 1. The number of ether oxygens (including phenoxy) is 1. The molecular weight excluding hydrogens is 498 g/mol. The van der Waals surface area contributed by atoms with Crippen LogP contribution in [0.5, 0.6) is 5.75 Å². The average molecular weight is 516 g/mol. The Hall–Kier alpha value is -3.87. The van der Waals surface area contributed by atoms with Gasteiger partial charge in [0.25, 0.3) is 11.3 Å². The van der Waals surface area contributed by atoms with Crippen LogP contribution >= 0.6 is 11.6 Å². The number of alkyl halides is 4. The van der Waals surface area contributed by atoms with Gasteiger partial charge in [-0.2, -0.15) is 22.3 Å². The zero-order valence-corrected chi connectivity index (χ0v) is 18.5. The van der Waals surface area contributed by atoms with Crippen molar-refractivity contribution in [1.82, 2.24) is 14.9 Å². The van der Waals surface area contributed by atoms with Gasteiger partial charge in [-0.15, -0.1) is 0 Å². The van der Waals surface area contributed by atoms with Gasteiger partial charge in [-0.3, -0.25) is 14.2 Å². The zero-order chi connectivity index (χ0) is 25.6. The number of pyridine rings is 1. The van der Waals surface area contributed by atoms with Gasteiger partial charge in [0.15, 0.2) is 12.0 Å². The fraction of sp³-hybridized carbons (Fsp3) is 0.238. The third-order valence-corrected chi connectivity index (χ3v) is 4.95. The molecular formula is C21H18ClF4N5O4. The fourth-order valence-electron chi connectivity index (χ4n) is 2.99. The molecule has 0 fully saturated rings. The lowest BCUT2D eigenvalue weighted by Gasteiger charge is -2.17. The smallest absolute Gasteiger partial charge is 0.387 e. The van der Waals surface area contributed by atoms with Crippen molar-refractivity contribution in [2.24, 2.45) is 0 Å². The van der Waals surface area contributed by atoms with Crippen LogP contribution in [-0.2, 0) is 23.8 Å². The number of hydrogen-bond donors (Lipinski definition) is 2. The SMILES string of the molecule is O=C(Cn1c(Cl)cnc(NCC(F)(F)c2cccc[n+]2[O-])c1=O)NCc1ccccc1OC(F)F. The van der Waals surface area contributed by atoms with E-state index in [9.17, 15) is 32.4 Å². The first-order chi connectivity index (χ1) is 16.6. The lowest BCUT2D eigenvalue weighted by molar-refractivity contribution is -0.624. The molecule has 0 radical (unpaired) electrons. The maximum absolute atomic E-state index is 14.4. The largest absolute Gasteiger partial charge is 0.618 e. The van der Waals surface area contributed by atoms with E-state index in [0.29, 0.717) is 0 Å². The normalized spacial score (nSPS) is 11.4. The molecule has 0 bridgehead atoms. The van der Waals surface area contributed by atoms with Crippen LogP contribution in [-0.4, -0.2) is 28.6 Å². The number of carbonyl (C=O) groups is 1. The number of halogens is 5. The molecule has 0 saturated heterocycles. The Morgan fingerprint density at radius 1 is 1.23 bits per heavy atom. The molecule has 0 aliphatic rings. The van der Waals surface area contributed by atoms with Gasteiger partial charge in [0, 0.05) is 24.2 Å². The van der Waals surface area contributed by atoms with E-state index in [-0.39, 0.29) is 27.7 Å². The minimum atomic E-state index is -3.65. The summed E-state index contributed by atoms with van der Waals surface area (Å²) in [5.41, 5.74) is -1.54. The first-order valence-corrected chi connectivity index (χ1v) is 10.3. The van der Waals surface area contributed by atoms with Crippen LogP contribution in [0.2, 0.25) is 5.15 Å². The number of benzene rings is 1. The molecule has 0 saturated carbocycles. The average Bonchev–Trinajstić information content (AvgIpc) is 2.80. The minimum absolute atomic E-state index is 0.00406. The Labute approximate surface area is 200 Å². The fourth-order valence-corrected chi connectivity index (χ4v) is 3.17. The van der Waals surface area contributed by atoms with Gasteiger partial charge in [0.1, 0.15) is 17.4 Å². The van der Waals surface area contributed by atoms with Crippen molar-refractivity contribution < 1.29 is 31.8 Å². The van der Waals surface area contributed by atoms with Crippen molar-refractivity contribution in [2.75, 3.05) is 11.9 Å². The van der Waals surface area contributed by atoms with Gasteiger partial charge in [0.2, 0.25) is 5.91 Å². The molecule has 14 heteroatoms. The quantitative estimate of drug-likeness (QED) is 0.244. The van der Waals surface area contributed by atoms with Crippen molar-refractivity contribution in [3.8, 4) is 5.75 Å². The molecule has 186 valence electrons. The Kier molecular flexibility index (Phi) is 8.12. The molecule has 1 aromatic carbocycles. The van der Waals surface area contributed by atoms with Crippen LogP contribution in [0.3, 0.4) is 0 Å². The topological polar surface area (TPSA) is 112 Å². The molecule has 2 heterocycles. The predicted octanol–water partition coefficient (Wildman–Crippen LogP) is 2.65. The summed E-state index contributed by atoms with van der Waals surface area (Å²) in [5.74, 6) is -5.02. The van der Waals surface area contributed by atoms with E-state index in [1.165, 1.54) is 30.3 Å². The van der Waals surface area contributed by atoms with Crippen molar-refractivity contribution in [1.29, 1.82) is 0 Å². The molecule has 1 amide bonds. The third-order valence-electron chi connectivity index (χ3n) is 4.65. The van der Waals surface area contributed by atoms with Crippen molar-refractivity contribution >= 4 is 23.3 Å². The highest BCUT2D eigenvalue weighted by Crippen LogP contribution is 2.25. The molecule has 35 heavy (non-hydrogen) atoms. The zero-order valence-electron chi connectivity index (χ0n) is 17.8. The van der Waals surface area contributed by atoms with E-state index in [0.717, 1.165) is 23.0 Å². The van der Waals surface area contributed by atoms with Crippen molar-refractivity contribution in [3.05, 3.63) is 86.8 Å². The molecule has 3 aromatic rings. The van der Waals surface area contributed by atoms with Crippen LogP contribution in [0.25, 0.3) is 0 Å². The molecule has 0 aliphatic carbocycles. The summed E-state index contributed by atoms with van der Waals surface area (Å²) in [6, 6.07) is 9.29. The van der Waals surface area contributed by atoms with Crippen molar-refractivity contribution in [3.63, 3.8) is 0 Å². The first kappa shape index (κ1) is 25.7. The molecule has 9 nitrogen and oxygen atoms in total. The number of nitrogens with one attached hydrogen (secondary N) is 2. The first-order valence-electron chi connectivity index (χ1n) is 9.93. The molecule has 0 atom stereocenters. The summed E-state index contributed by atoms with van der Waals surface area (Å²) >= 11 is 5.95. The van der Waals surface area contributed by atoms with E-state index in [1.807, 2.05) is 0 Å². The Balaban J connectivity index is 1.69. The van der Waals surface area contributed by atoms with Gasteiger partial charge < -0.3 is 20.6 Å². The van der Waals surface area contributed by atoms with Gasteiger partial charge >= 0.3 is 12.5 Å². The number of amides is 1. The van der Waals surface area contributed by atoms with Gasteiger partial charge in [-0.05, 0) is 12.1 Å². The summed E-state index contributed by atoms with van der Waals surface area (Å²) in [7, 11) is 0. The third kappa shape index (κ3) is 6.59. The number of rotatable bonds is 10. The molecule has 2 aromatic heterocycles. The second kappa shape index (κ2) is 11.0. The highest BCUT2D eigenvalue weighted by Gasteiger charge is 2.39. The summed E-state index contributed by atoms with van der Waals surface area (Å²) in [5, 5.41) is 16.0. The minimum Gasteiger partial charge on any atom is -0.618 e. The summed E-state index contributed by atoms with van der Waals surface area (Å²) < 4.78 is 59.1. The predicted molar refractivity (Wildman–Crippen MR) is 116 cm³/mol. The van der Waals surface area contributed by atoms with E-state index in [2.05, 4.69) is 20.4 Å². The number of para-hydroxylation sites is 1. The summed E-state index contributed by atoms with van der Waals surface area (Å²) in [6.45, 7) is -4.98. The monoisotopic (exact) mass is 515 g/mol. The number of hydrogen-bond acceptors (Lipinski definition) is 6. The van der Waals surface area contributed by atoms with E-state index >= 15 is 0 Å². The lowest BCUT2D eigenvalue weighted by atomic mass is 10.2. The summed E-state index contributed by atoms with van der Waals surface area (Å²) in [6.07, 6.45) is 1.90. The standard InChI is InChI=1S/C21H18ClF4N5O4/c22-16-10-28-18(29-12-21(25,26)15-7-3-4-8-31(15)34)19(33)30(16)11-17(32)27-9-13-5-1-2-6-14(13)35-20(23)24/h1-8,10,20H,9,11-12H2,(H,27,32)(H,28,29). The van der Waals surface area contributed by atoms with Crippen molar-refractivity contribution in [2.45, 2.75) is 25.6 Å². The van der Waals surface area contributed by atoms with Crippen LogP contribution < -0.4 is 25.7 Å².